The van der Waals surface area contributed by atoms with E-state index in [2.05, 4.69) is 16.5 Å². The van der Waals surface area contributed by atoms with E-state index in [1.807, 2.05) is 29.9 Å². The highest BCUT2D eigenvalue weighted by Gasteiger charge is 2.05. The number of nitrogens with zero attached hydrogens (tertiary/aromatic N) is 2. The van der Waals surface area contributed by atoms with Crippen LogP contribution < -0.4 is 5.32 Å². The molecule has 2 N–H and O–H groups in total. The van der Waals surface area contributed by atoms with Gasteiger partial charge in [-0.3, -0.25) is 9.48 Å². The van der Waals surface area contributed by atoms with Crippen LogP contribution in [-0.4, -0.2) is 33.9 Å². The fourth-order valence-corrected chi connectivity index (χ4v) is 1.88. The van der Waals surface area contributed by atoms with Crippen molar-refractivity contribution < 1.29 is 9.90 Å². The molecule has 0 unspecified atom stereocenters. The number of carbonyl (C=O) groups excluding carboxylic acids is 1. The van der Waals surface area contributed by atoms with Crippen LogP contribution in [0.25, 0.3) is 10.9 Å². The summed E-state index contributed by atoms with van der Waals surface area (Å²) in [6.07, 6.45) is 2.18. The number of aliphatic hydroxyl groups excluding tert-OH is 1. The molecule has 1 aromatic heterocycles. The molecular formula is C13H17N3O2. The van der Waals surface area contributed by atoms with Crippen molar-refractivity contribution in [2.24, 2.45) is 0 Å². The van der Waals surface area contributed by atoms with Crippen molar-refractivity contribution in [3.05, 3.63) is 30.0 Å². The largest absolute Gasteiger partial charge is 0.395 e. The number of amides is 1. The first-order valence-corrected chi connectivity index (χ1v) is 6.00. The number of hydrogen-bond acceptors (Lipinski definition) is 3. The molecule has 0 spiro atoms. The topological polar surface area (TPSA) is 67.2 Å². The van der Waals surface area contributed by atoms with Crippen LogP contribution >= 0.6 is 0 Å². The second-order valence-corrected chi connectivity index (χ2v) is 4.25. The molecule has 2 aromatic rings. The minimum Gasteiger partial charge on any atom is -0.395 e. The molecule has 0 saturated heterocycles. The Bertz CT molecular complexity index is 548. The van der Waals surface area contributed by atoms with E-state index in [4.69, 9.17) is 5.11 Å². The predicted octanol–water partition coefficient (Wildman–Crippen LogP) is 0.843. The van der Waals surface area contributed by atoms with Gasteiger partial charge in [-0.05, 0) is 19.1 Å². The fraction of sp³-hybridized carbons (Fsp3) is 0.385. The number of benzene rings is 1. The van der Waals surface area contributed by atoms with Crippen LogP contribution in [0.15, 0.2) is 24.4 Å². The SMILES string of the molecule is Cc1ccc2c(cnn2CCC(=O)NCCO)c1. The third kappa shape index (κ3) is 2.87. The molecule has 0 aliphatic heterocycles. The summed E-state index contributed by atoms with van der Waals surface area (Å²) in [5.74, 6) is -0.0696. The van der Waals surface area contributed by atoms with Gasteiger partial charge in [-0.15, -0.1) is 0 Å². The number of nitrogens with one attached hydrogen (secondary N) is 1. The summed E-state index contributed by atoms with van der Waals surface area (Å²) in [4.78, 5) is 11.4. The zero-order valence-electron chi connectivity index (χ0n) is 10.4. The molecular weight excluding hydrogens is 230 g/mol. The van der Waals surface area contributed by atoms with Gasteiger partial charge >= 0.3 is 0 Å². The summed E-state index contributed by atoms with van der Waals surface area (Å²) >= 11 is 0. The Labute approximate surface area is 105 Å². The molecule has 0 fully saturated rings. The third-order valence-electron chi connectivity index (χ3n) is 2.78. The minimum atomic E-state index is -0.0696. The van der Waals surface area contributed by atoms with Crippen LogP contribution in [0.4, 0.5) is 0 Å². The number of aliphatic hydroxyl groups is 1. The van der Waals surface area contributed by atoms with Gasteiger partial charge < -0.3 is 10.4 Å². The van der Waals surface area contributed by atoms with Gasteiger partial charge in [0, 0.05) is 18.4 Å². The molecule has 0 aliphatic rings. The smallest absolute Gasteiger partial charge is 0.221 e. The molecule has 0 atom stereocenters. The van der Waals surface area contributed by atoms with Crippen molar-refractivity contribution in [3.8, 4) is 0 Å². The van der Waals surface area contributed by atoms with E-state index in [1.165, 1.54) is 5.56 Å². The second-order valence-electron chi connectivity index (χ2n) is 4.25. The van der Waals surface area contributed by atoms with E-state index in [9.17, 15) is 4.79 Å². The number of aryl methyl sites for hydroxylation is 2. The van der Waals surface area contributed by atoms with Crippen LogP contribution in [0.3, 0.4) is 0 Å². The monoisotopic (exact) mass is 247 g/mol. The van der Waals surface area contributed by atoms with Gasteiger partial charge in [0.25, 0.3) is 0 Å². The maximum Gasteiger partial charge on any atom is 0.221 e. The van der Waals surface area contributed by atoms with E-state index < -0.39 is 0 Å². The lowest BCUT2D eigenvalue weighted by Gasteiger charge is -2.05. The molecule has 0 aliphatic carbocycles. The van der Waals surface area contributed by atoms with Crippen molar-refractivity contribution in [2.45, 2.75) is 19.9 Å². The Kier molecular flexibility index (Phi) is 3.94. The number of hydrogen-bond donors (Lipinski definition) is 2. The molecule has 1 heterocycles. The third-order valence-corrected chi connectivity index (χ3v) is 2.78. The number of fused-ring (bicyclic) bond motifs is 1. The molecule has 0 saturated carbocycles. The predicted molar refractivity (Wildman–Crippen MR) is 69.2 cm³/mol. The lowest BCUT2D eigenvalue weighted by atomic mass is 10.2. The summed E-state index contributed by atoms with van der Waals surface area (Å²) in [6, 6.07) is 6.13. The normalized spacial score (nSPS) is 10.8. The maximum absolute atomic E-state index is 11.4. The fourth-order valence-electron chi connectivity index (χ4n) is 1.88. The van der Waals surface area contributed by atoms with Gasteiger partial charge in [0.2, 0.25) is 5.91 Å². The molecule has 5 nitrogen and oxygen atoms in total. The Morgan fingerprint density at radius 3 is 3.11 bits per heavy atom. The van der Waals surface area contributed by atoms with Gasteiger partial charge in [0.05, 0.1) is 24.9 Å². The molecule has 0 bridgehead atoms. The van der Waals surface area contributed by atoms with E-state index in [-0.39, 0.29) is 12.5 Å². The van der Waals surface area contributed by atoms with Gasteiger partial charge in [-0.2, -0.15) is 5.10 Å². The summed E-state index contributed by atoms with van der Waals surface area (Å²) in [5.41, 5.74) is 2.23. The van der Waals surface area contributed by atoms with Gasteiger partial charge in [0.1, 0.15) is 0 Å². The summed E-state index contributed by atoms with van der Waals surface area (Å²) in [6.45, 7) is 2.86. The first kappa shape index (κ1) is 12.6. The highest BCUT2D eigenvalue weighted by molar-refractivity contribution is 5.80. The van der Waals surface area contributed by atoms with E-state index >= 15 is 0 Å². The second kappa shape index (κ2) is 5.64. The van der Waals surface area contributed by atoms with Gasteiger partial charge in [-0.25, -0.2) is 0 Å². The van der Waals surface area contributed by atoms with Crippen molar-refractivity contribution in [2.75, 3.05) is 13.2 Å². The van der Waals surface area contributed by atoms with Crippen LogP contribution in [-0.2, 0) is 11.3 Å². The average Bonchev–Trinajstić information content (AvgIpc) is 2.76. The quantitative estimate of drug-likeness (QED) is 0.823. The first-order valence-electron chi connectivity index (χ1n) is 6.00. The van der Waals surface area contributed by atoms with Crippen molar-refractivity contribution in [1.82, 2.24) is 15.1 Å². The van der Waals surface area contributed by atoms with Gasteiger partial charge in [0.15, 0.2) is 0 Å². The molecule has 2 rings (SSSR count). The van der Waals surface area contributed by atoms with Crippen molar-refractivity contribution in [3.63, 3.8) is 0 Å². The zero-order chi connectivity index (χ0) is 13.0. The molecule has 1 amide bonds. The molecule has 1 aromatic carbocycles. The Balaban J connectivity index is 2.02. The zero-order valence-corrected chi connectivity index (χ0v) is 10.4. The number of rotatable bonds is 5. The average molecular weight is 247 g/mol. The number of aromatic nitrogens is 2. The lowest BCUT2D eigenvalue weighted by molar-refractivity contribution is -0.121. The maximum atomic E-state index is 11.4. The molecule has 0 radical (unpaired) electrons. The number of carbonyl (C=O) groups is 1. The van der Waals surface area contributed by atoms with Crippen LogP contribution in [0.2, 0.25) is 0 Å². The first-order chi connectivity index (χ1) is 8.70. The van der Waals surface area contributed by atoms with Crippen molar-refractivity contribution >= 4 is 16.8 Å². The van der Waals surface area contributed by atoms with Crippen molar-refractivity contribution in [1.29, 1.82) is 0 Å². The molecule has 5 heteroatoms. The van der Waals surface area contributed by atoms with Crippen LogP contribution in [0.1, 0.15) is 12.0 Å². The van der Waals surface area contributed by atoms with Crippen LogP contribution in [0, 0.1) is 6.92 Å². The highest BCUT2D eigenvalue weighted by Crippen LogP contribution is 2.15. The standard InChI is InChI=1S/C13H17N3O2/c1-10-2-3-12-11(8-10)9-15-16(12)6-4-13(18)14-5-7-17/h2-3,8-9,17H,4-7H2,1H3,(H,14,18). The Morgan fingerprint density at radius 1 is 1.50 bits per heavy atom. The molecule has 18 heavy (non-hydrogen) atoms. The van der Waals surface area contributed by atoms with Gasteiger partial charge in [-0.1, -0.05) is 11.6 Å². The molecule has 96 valence electrons. The van der Waals surface area contributed by atoms with E-state index in [1.54, 1.807) is 0 Å². The Morgan fingerprint density at radius 2 is 2.33 bits per heavy atom. The van der Waals surface area contributed by atoms with E-state index in [0.29, 0.717) is 19.5 Å². The highest BCUT2D eigenvalue weighted by atomic mass is 16.3. The van der Waals surface area contributed by atoms with E-state index in [0.717, 1.165) is 10.9 Å². The Hall–Kier alpha value is -1.88. The summed E-state index contributed by atoms with van der Waals surface area (Å²) in [5, 5.41) is 16.6. The summed E-state index contributed by atoms with van der Waals surface area (Å²) < 4.78 is 1.83. The lowest BCUT2D eigenvalue weighted by Crippen LogP contribution is -2.27. The van der Waals surface area contributed by atoms with Crippen LogP contribution in [0.5, 0.6) is 0 Å². The minimum absolute atomic E-state index is 0.0320. The summed E-state index contributed by atoms with van der Waals surface area (Å²) in [7, 11) is 0.